The van der Waals surface area contributed by atoms with Crippen molar-refractivity contribution in [2.45, 2.75) is 6.36 Å². The zero-order valence-corrected chi connectivity index (χ0v) is 9.29. The molecule has 6 heteroatoms. The molecule has 0 atom stereocenters. The molecule has 1 aliphatic rings. The van der Waals surface area contributed by atoms with E-state index in [1.807, 2.05) is 0 Å². The Bertz CT molecular complexity index is 506. The van der Waals surface area contributed by atoms with Gasteiger partial charge in [-0.2, -0.15) is 0 Å². The number of allylic oxidation sites excluding steroid dienone is 1. The summed E-state index contributed by atoms with van der Waals surface area (Å²) >= 11 is 0. The molecule has 0 saturated carbocycles. The summed E-state index contributed by atoms with van der Waals surface area (Å²) < 4.78 is 40.2. The Balaban J connectivity index is 2.30. The number of dihydropyridines is 1. The molecule has 96 valence electrons. The maximum Gasteiger partial charge on any atom is 0.573 e. The lowest BCUT2D eigenvalue weighted by molar-refractivity contribution is -0.274. The van der Waals surface area contributed by atoms with Crippen molar-refractivity contribution in [3.05, 3.63) is 47.8 Å². The normalized spacial score (nSPS) is 15.5. The summed E-state index contributed by atoms with van der Waals surface area (Å²) in [7, 11) is 0. The van der Waals surface area contributed by atoms with Crippen molar-refractivity contribution in [1.82, 2.24) is 5.32 Å². The summed E-state index contributed by atoms with van der Waals surface area (Å²) in [5, 5.41) is 2.95. The van der Waals surface area contributed by atoms with Gasteiger partial charge in [0.1, 0.15) is 5.75 Å². The summed E-state index contributed by atoms with van der Waals surface area (Å²) in [4.78, 5) is 0. The third-order valence-electron chi connectivity index (χ3n) is 2.42. The highest BCUT2D eigenvalue weighted by molar-refractivity contribution is 5.73. The lowest BCUT2D eigenvalue weighted by Gasteiger charge is -2.16. The molecular weight excluding hydrogens is 245 g/mol. The highest BCUT2D eigenvalue weighted by Crippen LogP contribution is 2.27. The summed E-state index contributed by atoms with van der Waals surface area (Å²) in [5.41, 5.74) is 7.65. The highest BCUT2D eigenvalue weighted by atomic mass is 19.4. The first kappa shape index (κ1) is 12.3. The van der Waals surface area contributed by atoms with Gasteiger partial charge in [0, 0.05) is 17.8 Å². The SMILES string of the molecule is NC1=C(c2cccc(OC(F)(F)F)c2)CNC=C1. The fourth-order valence-electron chi connectivity index (χ4n) is 1.66. The van der Waals surface area contributed by atoms with Crippen LogP contribution in [0.15, 0.2) is 42.2 Å². The zero-order valence-electron chi connectivity index (χ0n) is 9.29. The third kappa shape index (κ3) is 2.97. The van der Waals surface area contributed by atoms with Gasteiger partial charge >= 0.3 is 6.36 Å². The van der Waals surface area contributed by atoms with Crippen molar-refractivity contribution in [3.8, 4) is 5.75 Å². The molecule has 3 N–H and O–H groups in total. The average molecular weight is 256 g/mol. The molecule has 0 amide bonds. The highest BCUT2D eigenvalue weighted by Gasteiger charge is 2.31. The lowest BCUT2D eigenvalue weighted by Crippen LogP contribution is -2.19. The van der Waals surface area contributed by atoms with Gasteiger partial charge in [0.15, 0.2) is 0 Å². The first-order valence-corrected chi connectivity index (χ1v) is 5.20. The van der Waals surface area contributed by atoms with E-state index in [0.717, 1.165) is 5.57 Å². The smallest absolute Gasteiger partial charge is 0.406 e. The van der Waals surface area contributed by atoms with Gasteiger partial charge in [0.25, 0.3) is 0 Å². The summed E-state index contributed by atoms with van der Waals surface area (Å²) in [5.74, 6) is -0.255. The molecule has 1 aromatic carbocycles. The van der Waals surface area contributed by atoms with Gasteiger partial charge in [0.2, 0.25) is 0 Å². The molecule has 0 spiro atoms. The minimum Gasteiger partial charge on any atom is -0.406 e. The van der Waals surface area contributed by atoms with E-state index in [-0.39, 0.29) is 5.75 Å². The number of nitrogens with one attached hydrogen (secondary N) is 1. The van der Waals surface area contributed by atoms with Crippen molar-refractivity contribution in [1.29, 1.82) is 0 Å². The maximum atomic E-state index is 12.1. The Kier molecular flexibility index (Phi) is 3.18. The van der Waals surface area contributed by atoms with E-state index in [0.29, 0.717) is 17.8 Å². The number of alkyl halides is 3. The Morgan fingerprint density at radius 2 is 2.06 bits per heavy atom. The van der Waals surface area contributed by atoms with Crippen molar-refractivity contribution in [2.24, 2.45) is 5.73 Å². The van der Waals surface area contributed by atoms with Gasteiger partial charge in [-0.05, 0) is 30.0 Å². The number of ether oxygens (including phenoxy) is 1. The van der Waals surface area contributed by atoms with Gasteiger partial charge in [-0.3, -0.25) is 0 Å². The van der Waals surface area contributed by atoms with E-state index < -0.39 is 6.36 Å². The van der Waals surface area contributed by atoms with Crippen LogP contribution in [-0.4, -0.2) is 12.9 Å². The number of hydrogen-bond donors (Lipinski definition) is 2. The largest absolute Gasteiger partial charge is 0.573 e. The molecule has 0 radical (unpaired) electrons. The van der Waals surface area contributed by atoms with Crippen LogP contribution in [0.1, 0.15) is 5.56 Å². The molecule has 0 fully saturated rings. The average Bonchev–Trinajstić information content (AvgIpc) is 2.27. The third-order valence-corrected chi connectivity index (χ3v) is 2.42. The molecule has 1 aromatic rings. The Labute approximate surface area is 102 Å². The lowest BCUT2D eigenvalue weighted by atomic mass is 10.0. The van der Waals surface area contributed by atoms with E-state index in [2.05, 4.69) is 10.1 Å². The monoisotopic (exact) mass is 256 g/mol. The van der Waals surface area contributed by atoms with Crippen LogP contribution in [0.25, 0.3) is 5.57 Å². The predicted octanol–water partition coefficient (Wildman–Crippen LogP) is 2.37. The standard InChI is InChI=1S/C12H11F3N2O/c13-12(14,15)18-9-3-1-2-8(6-9)10-7-17-5-4-11(10)16/h1-6,17H,7,16H2. The second kappa shape index (κ2) is 4.64. The summed E-state index contributed by atoms with van der Waals surface area (Å²) in [6, 6.07) is 5.75. The molecule has 0 aromatic heterocycles. The minimum absolute atomic E-state index is 0.255. The number of hydrogen-bond acceptors (Lipinski definition) is 3. The second-order valence-corrected chi connectivity index (χ2v) is 3.72. The van der Waals surface area contributed by atoms with E-state index in [4.69, 9.17) is 5.73 Å². The number of halogens is 3. The molecule has 1 heterocycles. The van der Waals surface area contributed by atoms with Gasteiger partial charge in [0.05, 0.1) is 0 Å². The van der Waals surface area contributed by atoms with Gasteiger partial charge < -0.3 is 15.8 Å². The van der Waals surface area contributed by atoms with Crippen LogP contribution in [0.3, 0.4) is 0 Å². The molecule has 0 saturated heterocycles. The van der Waals surface area contributed by atoms with Crippen molar-refractivity contribution < 1.29 is 17.9 Å². The van der Waals surface area contributed by atoms with Crippen molar-refractivity contribution in [3.63, 3.8) is 0 Å². The molecule has 0 bridgehead atoms. The number of benzene rings is 1. The number of rotatable bonds is 2. The van der Waals surface area contributed by atoms with Crippen molar-refractivity contribution >= 4 is 5.57 Å². The van der Waals surface area contributed by atoms with Crippen LogP contribution >= 0.6 is 0 Å². The van der Waals surface area contributed by atoms with Gasteiger partial charge in [-0.25, -0.2) is 0 Å². The van der Waals surface area contributed by atoms with Crippen LogP contribution in [0.4, 0.5) is 13.2 Å². The van der Waals surface area contributed by atoms with Crippen LogP contribution in [0.5, 0.6) is 5.75 Å². The fraction of sp³-hybridized carbons (Fsp3) is 0.167. The molecule has 1 aliphatic heterocycles. The molecule has 0 unspecified atom stereocenters. The summed E-state index contributed by atoms with van der Waals surface area (Å²) in [6.45, 7) is 0.470. The van der Waals surface area contributed by atoms with Crippen LogP contribution in [0.2, 0.25) is 0 Å². The number of nitrogens with two attached hydrogens (primary N) is 1. The minimum atomic E-state index is -4.69. The topological polar surface area (TPSA) is 47.3 Å². The first-order chi connectivity index (χ1) is 8.46. The second-order valence-electron chi connectivity index (χ2n) is 3.72. The Hall–Kier alpha value is -2.11. The molecule has 2 rings (SSSR count). The van der Waals surface area contributed by atoms with E-state index in [1.165, 1.54) is 18.2 Å². The molecule has 18 heavy (non-hydrogen) atoms. The van der Waals surface area contributed by atoms with Crippen LogP contribution in [0, 0.1) is 0 Å². The molecular formula is C12H11F3N2O. The predicted molar refractivity (Wildman–Crippen MR) is 61.4 cm³/mol. The summed E-state index contributed by atoms with van der Waals surface area (Å²) in [6.07, 6.45) is -1.34. The zero-order chi connectivity index (χ0) is 13.2. The van der Waals surface area contributed by atoms with Crippen molar-refractivity contribution in [2.75, 3.05) is 6.54 Å². The molecule has 0 aliphatic carbocycles. The Morgan fingerprint density at radius 3 is 2.72 bits per heavy atom. The molecule has 3 nitrogen and oxygen atoms in total. The van der Waals surface area contributed by atoms with E-state index in [9.17, 15) is 13.2 Å². The Morgan fingerprint density at radius 1 is 1.28 bits per heavy atom. The van der Waals surface area contributed by atoms with Gasteiger partial charge in [-0.15, -0.1) is 13.2 Å². The van der Waals surface area contributed by atoms with E-state index in [1.54, 1.807) is 18.3 Å². The quantitative estimate of drug-likeness (QED) is 0.854. The van der Waals surface area contributed by atoms with Crippen LogP contribution < -0.4 is 15.8 Å². The first-order valence-electron chi connectivity index (χ1n) is 5.20. The fourth-order valence-corrected chi connectivity index (χ4v) is 1.66. The van der Waals surface area contributed by atoms with Crippen LogP contribution in [-0.2, 0) is 0 Å². The maximum absolute atomic E-state index is 12.1. The van der Waals surface area contributed by atoms with E-state index >= 15 is 0 Å². The van der Waals surface area contributed by atoms with Gasteiger partial charge in [-0.1, -0.05) is 12.1 Å².